The van der Waals surface area contributed by atoms with Crippen LogP contribution in [0.4, 0.5) is 5.69 Å². The number of carbonyl (C=O) groups excluding carboxylic acids is 2. The number of H-pyrrole nitrogens is 1. The second-order valence-electron chi connectivity index (χ2n) is 7.98. The van der Waals surface area contributed by atoms with Gasteiger partial charge in [-0.25, -0.2) is 10.5 Å². The van der Waals surface area contributed by atoms with E-state index in [9.17, 15) is 14.4 Å². The fourth-order valence-electron chi connectivity index (χ4n) is 3.51. The number of hydrazone groups is 1. The first-order chi connectivity index (χ1) is 16.9. The molecule has 0 aliphatic carbocycles. The van der Waals surface area contributed by atoms with E-state index in [1.165, 1.54) is 6.21 Å². The lowest BCUT2D eigenvalue weighted by atomic mass is 10.0. The van der Waals surface area contributed by atoms with E-state index in [0.29, 0.717) is 16.3 Å². The fourth-order valence-corrected chi connectivity index (χ4v) is 3.51. The Kier molecular flexibility index (Phi) is 6.96. The highest BCUT2D eigenvalue weighted by Crippen LogP contribution is 2.20. The van der Waals surface area contributed by atoms with Gasteiger partial charge in [0.25, 0.3) is 17.4 Å². The Hall–Kier alpha value is -4.79. The molecule has 0 unspecified atom stereocenters. The monoisotopic (exact) mass is 468 g/mol. The maximum Gasteiger partial charge on any atom is 0.272 e. The third-order valence-electron chi connectivity index (χ3n) is 5.37. The molecule has 0 radical (unpaired) electrons. The summed E-state index contributed by atoms with van der Waals surface area (Å²) in [6.45, 7) is 0. The SMILES string of the molecule is CN(C)c1ccc(C=NNC(=O)[C@H](NC(=O)c2ccccc2)c2n[nH]c(=O)c3ccccc23)cc1. The minimum absolute atomic E-state index is 0.201. The molecular weight excluding hydrogens is 444 g/mol. The van der Waals surface area contributed by atoms with E-state index in [1.807, 2.05) is 43.3 Å². The number of amides is 2. The lowest BCUT2D eigenvalue weighted by molar-refractivity contribution is -0.123. The molecular formula is C26H24N6O3. The molecule has 3 N–H and O–H groups in total. The minimum Gasteiger partial charge on any atom is -0.378 e. The Morgan fingerprint density at radius 2 is 1.60 bits per heavy atom. The Morgan fingerprint density at radius 1 is 0.943 bits per heavy atom. The molecule has 35 heavy (non-hydrogen) atoms. The van der Waals surface area contributed by atoms with Crippen molar-refractivity contribution in [1.82, 2.24) is 20.9 Å². The van der Waals surface area contributed by atoms with Crippen LogP contribution in [0, 0.1) is 0 Å². The summed E-state index contributed by atoms with van der Waals surface area (Å²) in [6, 6.07) is 21.7. The van der Waals surface area contributed by atoms with Gasteiger partial charge in [-0.05, 0) is 35.9 Å². The summed E-state index contributed by atoms with van der Waals surface area (Å²) >= 11 is 0. The molecule has 1 aromatic heterocycles. The summed E-state index contributed by atoms with van der Waals surface area (Å²) < 4.78 is 0. The number of fused-ring (bicyclic) bond motifs is 1. The number of carbonyl (C=O) groups is 2. The van der Waals surface area contributed by atoms with Crippen LogP contribution in [0.25, 0.3) is 10.8 Å². The molecule has 0 saturated heterocycles. The van der Waals surface area contributed by atoms with Crippen molar-refractivity contribution in [3.05, 3.63) is 106 Å². The first-order valence-electron chi connectivity index (χ1n) is 10.9. The van der Waals surface area contributed by atoms with Crippen molar-refractivity contribution < 1.29 is 9.59 Å². The van der Waals surface area contributed by atoms with Gasteiger partial charge in [0.15, 0.2) is 6.04 Å². The van der Waals surface area contributed by atoms with E-state index in [-0.39, 0.29) is 5.69 Å². The standard InChI is InChI=1S/C26H24N6O3/c1-32(2)19-14-12-17(13-15-19)16-27-30-26(35)23(28-24(33)18-8-4-3-5-9-18)22-20-10-6-7-11-21(20)25(34)31-29-22/h3-16,23H,1-2H3,(H,28,33)(H,30,35)(H,31,34)/t23-/m1/s1. The lowest BCUT2D eigenvalue weighted by Gasteiger charge is -2.18. The topological polar surface area (TPSA) is 120 Å². The third-order valence-corrected chi connectivity index (χ3v) is 5.37. The van der Waals surface area contributed by atoms with Gasteiger partial charge in [0.1, 0.15) is 5.69 Å². The van der Waals surface area contributed by atoms with Crippen LogP contribution in [0.1, 0.15) is 27.7 Å². The van der Waals surface area contributed by atoms with Gasteiger partial charge in [0.05, 0.1) is 11.6 Å². The van der Waals surface area contributed by atoms with Crippen molar-refractivity contribution in [3.63, 3.8) is 0 Å². The van der Waals surface area contributed by atoms with Crippen LogP contribution >= 0.6 is 0 Å². The van der Waals surface area contributed by atoms with E-state index in [2.05, 4.69) is 26.0 Å². The minimum atomic E-state index is -1.21. The Morgan fingerprint density at radius 3 is 2.29 bits per heavy atom. The molecule has 176 valence electrons. The zero-order chi connectivity index (χ0) is 24.8. The summed E-state index contributed by atoms with van der Waals surface area (Å²) in [5, 5.41) is 14.1. The first kappa shape index (κ1) is 23.4. The largest absolute Gasteiger partial charge is 0.378 e. The van der Waals surface area contributed by atoms with Gasteiger partial charge in [0, 0.05) is 30.7 Å². The average molecular weight is 469 g/mol. The van der Waals surface area contributed by atoms with Crippen LogP contribution in [0.2, 0.25) is 0 Å². The number of aromatic amines is 1. The van der Waals surface area contributed by atoms with Crippen LogP contribution in [0.5, 0.6) is 0 Å². The summed E-state index contributed by atoms with van der Waals surface area (Å²) in [7, 11) is 3.89. The van der Waals surface area contributed by atoms with E-state index in [0.717, 1.165) is 11.3 Å². The maximum atomic E-state index is 13.2. The second-order valence-corrected chi connectivity index (χ2v) is 7.98. The first-order valence-corrected chi connectivity index (χ1v) is 10.9. The van der Waals surface area contributed by atoms with Crippen molar-refractivity contribution in [2.75, 3.05) is 19.0 Å². The van der Waals surface area contributed by atoms with Gasteiger partial charge in [-0.15, -0.1) is 0 Å². The number of nitrogens with one attached hydrogen (secondary N) is 3. The van der Waals surface area contributed by atoms with Gasteiger partial charge in [0.2, 0.25) is 0 Å². The maximum absolute atomic E-state index is 13.2. The number of anilines is 1. The van der Waals surface area contributed by atoms with E-state index in [4.69, 9.17) is 0 Å². The quantitative estimate of drug-likeness (QED) is 0.285. The van der Waals surface area contributed by atoms with Gasteiger partial charge in [-0.3, -0.25) is 14.4 Å². The highest BCUT2D eigenvalue weighted by atomic mass is 16.2. The summed E-state index contributed by atoms with van der Waals surface area (Å²) in [5.74, 6) is -1.08. The molecule has 0 fully saturated rings. The van der Waals surface area contributed by atoms with Crippen molar-refractivity contribution >= 4 is 34.5 Å². The average Bonchev–Trinajstić information content (AvgIpc) is 2.88. The number of hydrogen-bond acceptors (Lipinski definition) is 6. The number of nitrogens with zero attached hydrogens (tertiary/aromatic N) is 3. The van der Waals surface area contributed by atoms with Crippen LogP contribution in [-0.2, 0) is 4.79 Å². The van der Waals surface area contributed by atoms with Crippen LogP contribution in [0.15, 0.2) is 88.8 Å². The van der Waals surface area contributed by atoms with Gasteiger partial charge in [-0.2, -0.15) is 10.2 Å². The molecule has 0 aliphatic rings. The van der Waals surface area contributed by atoms with E-state index in [1.54, 1.807) is 54.6 Å². The van der Waals surface area contributed by atoms with Crippen LogP contribution < -0.4 is 21.2 Å². The van der Waals surface area contributed by atoms with Gasteiger partial charge in [-0.1, -0.05) is 48.5 Å². The second kappa shape index (κ2) is 10.4. The normalized spacial score (nSPS) is 11.8. The predicted molar refractivity (Wildman–Crippen MR) is 136 cm³/mol. The highest BCUT2D eigenvalue weighted by molar-refractivity contribution is 5.99. The molecule has 9 nitrogen and oxygen atoms in total. The predicted octanol–water partition coefficient (Wildman–Crippen LogP) is 2.61. The van der Waals surface area contributed by atoms with Crippen LogP contribution in [0.3, 0.4) is 0 Å². The van der Waals surface area contributed by atoms with Crippen molar-refractivity contribution in [1.29, 1.82) is 0 Å². The molecule has 3 aromatic carbocycles. The van der Waals surface area contributed by atoms with E-state index >= 15 is 0 Å². The molecule has 0 saturated carbocycles. The molecule has 2 amide bonds. The molecule has 0 aliphatic heterocycles. The lowest BCUT2D eigenvalue weighted by Crippen LogP contribution is -2.40. The molecule has 1 atom stereocenters. The number of hydrogen-bond donors (Lipinski definition) is 3. The highest BCUT2D eigenvalue weighted by Gasteiger charge is 2.27. The number of rotatable bonds is 7. The van der Waals surface area contributed by atoms with Crippen LogP contribution in [-0.4, -0.2) is 42.3 Å². The van der Waals surface area contributed by atoms with Crippen molar-refractivity contribution in [2.24, 2.45) is 5.10 Å². The molecule has 4 rings (SSSR count). The fraction of sp³-hybridized carbons (Fsp3) is 0.115. The summed E-state index contributed by atoms with van der Waals surface area (Å²) in [4.78, 5) is 40.3. The number of benzene rings is 3. The summed E-state index contributed by atoms with van der Waals surface area (Å²) in [6.07, 6.45) is 1.51. The van der Waals surface area contributed by atoms with E-state index < -0.39 is 23.4 Å². The Labute approximate surface area is 201 Å². The molecule has 4 aromatic rings. The summed E-state index contributed by atoms with van der Waals surface area (Å²) in [5.41, 5.74) is 4.48. The van der Waals surface area contributed by atoms with Gasteiger partial charge >= 0.3 is 0 Å². The molecule has 1 heterocycles. The smallest absolute Gasteiger partial charge is 0.272 e. The number of aromatic nitrogens is 2. The van der Waals surface area contributed by atoms with Gasteiger partial charge < -0.3 is 10.2 Å². The van der Waals surface area contributed by atoms with Crippen molar-refractivity contribution in [2.45, 2.75) is 6.04 Å². The zero-order valence-electron chi connectivity index (χ0n) is 19.2. The molecule has 0 spiro atoms. The van der Waals surface area contributed by atoms with Crippen molar-refractivity contribution in [3.8, 4) is 0 Å². The Bertz CT molecular complexity index is 1430. The zero-order valence-corrected chi connectivity index (χ0v) is 19.2. The Balaban J connectivity index is 1.62. The third kappa shape index (κ3) is 5.41. The molecule has 0 bridgehead atoms. The molecule has 9 heteroatoms.